The number of hydrogen-bond acceptors (Lipinski definition) is 1. The van der Waals surface area contributed by atoms with E-state index in [9.17, 15) is 0 Å². The average Bonchev–Trinajstić information content (AvgIpc) is 2.08. The minimum atomic E-state index is 1.01. The first-order valence-corrected chi connectivity index (χ1v) is 7.03. The standard InChI is InChI=1S/C12H24S/c1-3-5-7-11(4-2)10-13-12-8-6-9-12/h11-12H,3-10H2,1-2H3. The lowest BCUT2D eigenvalue weighted by Gasteiger charge is -2.26. The molecule has 1 aliphatic rings. The fraction of sp³-hybridized carbons (Fsp3) is 1.00. The SMILES string of the molecule is CCCCC(CC)CSC1CCC1. The maximum atomic E-state index is 2.35. The van der Waals surface area contributed by atoms with Crippen molar-refractivity contribution in [3.8, 4) is 0 Å². The van der Waals surface area contributed by atoms with Gasteiger partial charge in [-0.25, -0.2) is 0 Å². The lowest BCUT2D eigenvalue weighted by molar-refractivity contribution is 0.489. The second kappa shape index (κ2) is 6.75. The third kappa shape index (κ3) is 4.39. The molecule has 1 atom stereocenters. The van der Waals surface area contributed by atoms with Gasteiger partial charge in [0.1, 0.15) is 0 Å². The van der Waals surface area contributed by atoms with E-state index >= 15 is 0 Å². The Morgan fingerprint density at radius 3 is 2.54 bits per heavy atom. The smallest absolute Gasteiger partial charge is 0.00471 e. The largest absolute Gasteiger partial charge is 0.158 e. The van der Waals surface area contributed by atoms with Gasteiger partial charge in [-0.3, -0.25) is 0 Å². The highest BCUT2D eigenvalue weighted by atomic mass is 32.2. The molecule has 1 saturated carbocycles. The Labute approximate surface area is 87.9 Å². The molecular formula is C12H24S. The van der Waals surface area contributed by atoms with Crippen molar-refractivity contribution in [3.63, 3.8) is 0 Å². The molecule has 0 N–H and O–H groups in total. The van der Waals surface area contributed by atoms with E-state index in [4.69, 9.17) is 0 Å². The Kier molecular flexibility index (Phi) is 5.93. The van der Waals surface area contributed by atoms with Crippen molar-refractivity contribution in [2.45, 2.75) is 64.0 Å². The average molecular weight is 200 g/mol. The van der Waals surface area contributed by atoms with Crippen LogP contribution in [0.2, 0.25) is 0 Å². The maximum Gasteiger partial charge on any atom is 0.00471 e. The van der Waals surface area contributed by atoms with E-state index in [2.05, 4.69) is 25.6 Å². The minimum Gasteiger partial charge on any atom is -0.158 e. The van der Waals surface area contributed by atoms with E-state index in [1.54, 1.807) is 0 Å². The van der Waals surface area contributed by atoms with Gasteiger partial charge in [0, 0.05) is 5.25 Å². The molecule has 0 saturated heterocycles. The summed E-state index contributed by atoms with van der Waals surface area (Å²) in [4.78, 5) is 0. The minimum absolute atomic E-state index is 1.01. The van der Waals surface area contributed by atoms with Crippen LogP contribution in [0.4, 0.5) is 0 Å². The van der Waals surface area contributed by atoms with Gasteiger partial charge in [0.2, 0.25) is 0 Å². The third-order valence-corrected chi connectivity index (χ3v) is 4.77. The van der Waals surface area contributed by atoms with Crippen LogP contribution in [0, 0.1) is 5.92 Å². The van der Waals surface area contributed by atoms with Crippen molar-refractivity contribution >= 4 is 11.8 Å². The molecule has 13 heavy (non-hydrogen) atoms. The van der Waals surface area contributed by atoms with Crippen LogP contribution in [0.5, 0.6) is 0 Å². The van der Waals surface area contributed by atoms with Gasteiger partial charge in [-0.1, -0.05) is 39.5 Å². The van der Waals surface area contributed by atoms with Crippen LogP contribution in [0.3, 0.4) is 0 Å². The zero-order valence-corrected chi connectivity index (χ0v) is 10.0. The molecule has 0 aliphatic heterocycles. The van der Waals surface area contributed by atoms with E-state index < -0.39 is 0 Å². The molecule has 78 valence electrons. The monoisotopic (exact) mass is 200 g/mol. The predicted molar refractivity (Wildman–Crippen MR) is 63.4 cm³/mol. The van der Waals surface area contributed by atoms with Gasteiger partial charge in [0.15, 0.2) is 0 Å². The van der Waals surface area contributed by atoms with Crippen LogP contribution in [0.1, 0.15) is 58.8 Å². The fourth-order valence-corrected chi connectivity index (χ4v) is 3.32. The van der Waals surface area contributed by atoms with Crippen molar-refractivity contribution in [2.75, 3.05) is 5.75 Å². The summed E-state index contributed by atoms with van der Waals surface area (Å²) in [6.07, 6.45) is 10.1. The molecule has 0 bridgehead atoms. The van der Waals surface area contributed by atoms with Gasteiger partial charge in [-0.05, 0) is 30.9 Å². The molecule has 1 fully saturated rings. The second-order valence-corrected chi connectivity index (χ2v) is 5.64. The van der Waals surface area contributed by atoms with Crippen LogP contribution in [0.15, 0.2) is 0 Å². The summed E-state index contributed by atoms with van der Waals surface area (Å²) in [6.45, 7) is 4.65. The molecule has 1 aliphatic carbocycles. The van der Waals surface area contributed by atoms with Gasteiger partial charge in [0.25, 0.3) is 0 Å². The Bertz CT molecular complexity index is 118. The summed E-state index contributed by atoms with van der Waals surface area (Å²) in [6, 6.07) is 0. The molecule has 0 aromatic rings. The summed E-state index contributed by atoms with van der Waals surface area (Å²) in [5.41, 5.74) is 0. The summed E-state index contributed by atoms with van der Waals surface area (Å²) < 4.78 is 0. The van der Waals surface area contributed by atoms with E-state index in [0.717, 1.165) is 11.2 Å². The Balaban J connectivity index is 2.00. The predicted octanol–water partition coefficient (Wildman–Crippen LogP) is 4.49. The van der Waals surface area contributed by atoms with Crippen LogP contribution in [0.25, 0.3) is 0 Å². The second-order valence-electron chi connectivity index (χ2n) is 4.30. The first kappa shape index (κ1) is 11.4. The molecule has 0 radical (unpaired) electrons. The van der Waals surface area contributed by atoms with Crippen LogP contribution >= 0.6 is 11.8 Å². The fourth-order valence-electron chi connectivity index (χ4n) is 1.71. The molecule has 0 aromatic carbocycles. The van der Waals surface area contributed by atoms with E-state index in [0.29, 0.717) is 0 Å². The molecule has 0 aromatic heterocycles. The quantitative estimate of drug-likeness (QED) is 0.583. The zero-order chi connectivity index (χ0) is 9.52. The topological polar surface area (TPSA) is 0 Å². The van der Waals surface area contributed by atoms with Crippen LogP contribution in [-0.2, 0) is 0 Å². The van der Waals surface area contributed by atoms with Gasteiger partial charge in [0.05, 0.1) is 0 Å². The Hall–Kier alpha value is 0.350. The summed E-state index contributed by atoms with van der Waals surface area (Å²) in [5.74, 6) is 2.44. The van der Waals surface area contributed by atoms with E-state index in [-0.39, 0.29) is 0 Å². The molecule has 0 spiro atoms. The number of rotatable bonds is 7. The normalized spacial score (nSPS) is 19.8. The van der Waals surface area contributed by atoms with Crippen molar-refractivity contribution in [1.29, 1.82) is 0 Å². The molecule has 1 unspecified atom stereocenters. The van der Waals surface area contributed by atoms with Crippen molar-refractivity contribution in [2.24, 2.45) is 5.92 Å². The van der Waals surface area contributed by atoms with Gasteiger partial charge < -0.3 is 0 Å². The number of hydrogen-bond donors (Lipinski definition) is 0. The van der Waals surface area contributed by atoms with E-state index in [1.165, 1.54) is 50.7 Å². The van der Waals surface area contributed by atoms with Crippen molar-refractivity contribution < 1.29 is 0 Å². The molecular weight excluding hydrogens is 176 g/mol. The van der Waals surface area contributed by atoms with Crippen molar-refractivity contribution in [1.82, 2.24) is 0 Å². The van der Waals surface area contributed by atoms with Crippen molar-refractivity contribution in [3.05, 3.63) is 0 Å². The van der Waals surface area contributed by atoms with E-state index in [1.807, 2.05) is 0 Å². The molecule has 0 heterocycles. The highest BCUT2D eigenvalue weighted by Gasteiger charge is 2.18. The Morgan fingerprint density at radius 2 is 2.08 bits per heavy atom. The highest BCUT2D eigenvalue weighted by Crippen LogP contribution is 2.33. The zero-order valence-electron chi connectivity index (χ0n) is 9.22. The summed E-state index contributed by atoms with van der Waals surface area (Å²) in [7, 11) is 0. The summed E-state index contributed by atoms with van der Waals surface area (Å²) in [5, 5.41) is 1.04. The molecule has 1 heteroatoms. The molecule has 0 nitrogen and oxygen atoms in total. The first-order chi connectivity index (χ1) is 6.36. The highest BCUT2D eigenvalue weighted by molar-refractivity contribution is 7.99. The number of thioether (sulfide) groups is 1. The van der Waals surface area contributed by atoms with Crippen LogP contribution in [-0.4, -0.2) is 11.0 Å². The molecule has 1 rings (SSSR count). The lowest BCUT2D eigenvalue weighted by atomic mass is 10.00. The van der Waals surface area contributed by atoms with Gasteiger partial charge in [-0.2, -0.15) is 11.8 Å². The Morgan fingerprint density at radius 1 is 1.31 bits per heavy atom. The number of unbranched alkanes of at least 4 members (excludes halogenated alkanes) is 1. The maximum absolute atomic E-state index is 2.35. The van der Waals surface area contributed by atoms with Gasteiger partial charge >= 0.3 is 0 Å². The van der Waals surface area contributed by atoms with Gasteiger partial charge in [-0.15, -0.1) is 0 Å². The first-order valence-electron chi connectivity index (χ1n) is 5.98. The third-order valence-electron chi connectivity index (χ3n) is 3.16. The molecule has 0 amide bonds. The summed E-state index contributed by atoms with van der Waals surface area (Å²) >= 11 is 2.25. The van der Waals surface area contributed by atoms with Crippen LogP contribution < -0.4 is 0 Å². The lowest BCUT2D eigenvalue weighted by Crippen LogP contribution is -2.16.